The lowest BCUT2D eigenvalue weighted by molar-refractivity contribution is 0.599. The van der Waals surface area contributed by atoms with E-state index in [2.05, 4.69) is 4.98 Å². The standard InChI is InChI=1S/C14H15FN2/c1-9-7-11(8-10(2)17-9)14(16)12-5-3-4-6-13(12)15/h3-8,14H,16H2,1-2H3. The minimum Gasteiger partial charge on any atom is -0.320 e. The fraction of sp³-hybridized carbons (Fsp3) is 0.214. The van der Waals surface area contributed by atoms with Crippen molar-refractivity contribution in [1.29, 1.82) is 0 Å². The molecule has 0 saturated heterocycles. The number of aromatic nitrogens is 1. The molecule has 0 bridgehead atoms. The molecule has 1 aromatic heterocycles. The average Bonchev–Trinajstić information content (AvgIpc) is 2.27. The predicted octanol–water partition coefficient (Wildman–Crippen LogP) is 2.89. The summed E-state index contributed by atoms with van der Waals surface area (Å²) in [6.45, 7) is 3.81. The number of rotatable bonds is 2. The predicted molar refractivity (Wildman–Crippen MR) is 66.1 cm³/mol. The molecule has 0 saturated carbocycles. The van der Waals surface area contributed by atoms with E-state index < -0.39 is 6.04 Å². The van der Waals surface area contributed by atoms with Gasteiger partial charge in [0.25, 0.3) is 0 Å². The van der Waals surface area contributed by atoms with Gasteiger partial charge >= 0.3 is 0 Å². The van der Waals surface area contributed by atoms with Gasteiger partial charge in [-0.3, -0.25) is 4.98 Å². The maximum absolute atomic E-state index is 13.6. The minimum atomic E-state index is -0.448. The second kappa shape index (κ2) is 4.63. The number of hydrogen-bond donors (Lipinski definition) is 1. The molecule has 2 N–H and O–H groups in total. The Morgan fingerprint density at radius 1 is 1.12 bits per heavy atom. The van der Waals surface area contributed by atoms with Crippen LogP contribution in [0.1, 0.15) is 28.6 Å². The highest BCUT2D eigenvalue weighted by atomic mass is 19.1. The van der Waals surface area contributed by atoms with E-state index in [1.165, 1.54) is 6.07 Å². The molecule has 0 aliphatic carbocycles. The van der Waals surface area contributed by atoms with Crippen LogP contribution in [0, 0.1) is 19.7 Å². The van der Waals surface area contributed by atoms with Crippen LogP contribution in [0.15, 0.2) is 36.4 Å². The second-order valence-electron chi connectivity index (χ2n) is 4.18. The Kier molecular flexibility index (Phi) is 3.20. The van der Waals surface area contributed by atoms with Crippen molar-refractivity contribution >= 4 is 0 Å². The van der Waals surface area contributed by atoms with Crippen LogP contribution >= 0.6 is 0 Å². The van der Waals surface area contributed by atoms with Gasteiger partial charge in [0.1, 0.15) is 5.82 Å². The number of pyridine rings is 1. The topological polar surface area (TPSA) is 38.9 Å². The van der Waals surface area contributed by atoms with Gasteiger partial charge in [-0.1, -0.05) is 18.2 Å². The molecule has 88 valence electrons. The SMILES string of the molecule is Cc1cc(C(N)c2ccccc2F)cc(C)n1. The molecule has 1 atom stereocenters. The third-order valence-corrected chi connectivity index (χ3v) is 2.70. The van der Waals surface area contributed by atoms with Crippen molar-refractivity contribution < 1.29 is 4.39 Å². The van der Waals surface area contributed by atoms with Crippen LogP contribution in [0.4, 0.5) is 4.39 Å². The highest BCUT2D eigenvalue weighted by Gasteiger charge is 2.13. The molecule has 1 aromatic carbocycles. The molecule has 0 aliphatic rings. The number of nitrogens with two attached hydrogens (primary N) is 1. The van der Waals surface area contributed by atoms with E-state index in [1.807, 2.05) is 26.0 Å². The molecule has 2 rings (SSSR count). The lowest BCUT2D eigenvalue weighted by Gasteiger charge is -2.14. The van der Waals surface area contributed by atoms with Crippen molar-refractivity contribution in [2.45, 2.75) is 19.9 Å². The molecule has 1 unspecified atom stereocenters. The summed E-state index contributed by atoms with van der Waals surface area (Å²) in [7, 11) is 0. The van der Waals surface area contributed by atoms with Crippen molar-refractivity contribution in [3.05, 3.63) is 64.7 Å². The van der Waals surface area contributed by atoms with E-state index in [-0.39, 0.29) is 5.82 Å². The Balaban J connectivity index is 2.43. The van der Waals surface area contributed by atoms with E-state index in [1.54, 1.807) is 18.2 Å². The Morgan fingerprint density at radius 2 is 1.71 bits per heavy atom. The van der Waals surface area contributed by atoms with Crippen LogP contribution < -0.4 is 5.73 Å². The summed E-state index contributed by atoms with van der Waals surface area (Å²) in [6, 6.07) is 9.93. The summed E-state index contributed by atoms with van der Waals surface area (Å²) in [6.07, 6.45) is 0. The van der Waals surface area contributed by atoms with Gasteiger partial charge in [0.05, 0.1) is 6.04 Å². The van der Waals surface area contributed by atoms with Gasteiger partial charge in [0.2, 0.25) is 0 Å². The fourth-order valence-electron chi connectivity index (χ4n) is 1.95. The summed E-state index contributed by atoms with van der Waals surface area (Å²) < 4.78 is 13.6. The van der Waals surface area contributed by atoms with Gasteiger partial charge in [-0.05, 0) is 37.6 Å². The average molecular weight is 230 g/mol. The monoisotopic (exact) mass is 230 g/mol. The van der Waals surface area contributed by atoms with Gasteiger partial charge in [-0.2, -0.15) is 0 Å². The van der Waals surface area contributed by atoms with Crippen molar-refractivity contribution in [2.24, 2.45) is 5.73 Å². The molecule has 2 aromatic rings. The maximum Gasteiger partial charge on any atom is 0.128 e. The lowest BCUT2D eigenvalue weighted by Crippen LogP contribution is -2.14. The third kappa shape index (κ3) is 2.50. The number of halogens is 1. The molecule has 0 fully saturated rings. The van der Waals surface area contributed by atoms with Crippen LogP contribution in [0.5, 0.6) is 0 Å². The lowest BCUT2D eigenvalue weighted by atomic mass is 9.99. The minimum absolute atomic E-state index is 0.271. The second-order valence-corrected chi connectivity index (χ2v) is 4.18. The van der Waals surface area contributed by atoms with Crippen LogP contribution in [-0.4, -0.2) is 4.98 Å². The van der Waals surface area contributed by atoms with Crippen LogP contribution in [0.2, 0.25) is 0 Å². The molecular weight excluding hydrogens is 215 g/mol. The molecule has 2 nitrogen and oxygen atoms in total. The normalized spacial score (nSPS) is 12.5. The van der Waals surface area contributed by atoms with E-state index >= 15 is 0 Å². The highest BCUT2D eigenvalue weighted by Crippen LogP contribution is 2.22. The Hall–Kier alpha value is -1.74. The summed E-state index contributed by atoms with van der Waals surface area (Å²) in [5, 5.41) is 0. The molecule has 0 aliphatic heterocycles. The van der Waals surface area contributed by atoms with Gasteiger partial charge in [0.15, 0.2) is 0 Å². The molecule has 0 spiro atoms. The fourth-order valence-corrected chi connectivity index (χ4v) is 1.95. The quantitative estimate of drug-likeness (QED) is 0.861. The van der Waals surface area contributed by atoms with Crippen LogP contribution in [0.3, 0.4) is 0 Å². The zero-order chi connectivity index (χ0) is 12.4. The molecule has 0 amide bonds. The van der Waals surface area contributed by atoms with Gasteiger partial charge in [0, 0.05) is 17.0 Å². The Bertz CT molecular complexity index is 517. The van der Waals surface area contributed by atoms with Crippen LogP contribution in [-0.2, 0) is 0 Å². The summed E-state index contributed by atoms with van der Waals surface area (Å²) >= 11 is 0. The van der Waals surface area contributed by atoms with E-state index in [0.29, 0.717) is 5.56 Å². The maximum atomic E-state index is 13.6. The first-order valence-corrected chi connectivity index (χ1v) is 5.53. The van der Waals surface area contributed by atoms with Gasteiger partial charge in [-0.25, -0.2) is 4.39 Å². The van der Waals surface area contributed by atoms with E-state index in [4.69, 9.17) is 5.73 Å². The van der Waals surface area contributed by atoms with Crippen molar-refractivity contribution in [2.75, 3.05) is 0 Å². The zero-order valence-corrected chi connectivity index (χ0v) is 9.94. The number of hydrogen-bond acceptors (Lipinski definition) is 2. The summed E-state index contributed by atoms with van der Waals surface area (Å²) in [4.78, 5) is 4.28. The molecule has 1 heterocycles. The Labute approximate surface area is 100 Å². The first-order valence-electron chi connectivity index (χ1n) is 5.53. The number of benzene rings is 1. The zero-order valence-electron chi connectivity index (χ0n) is 9.94. The third-order valence-electron chi connectivity index (χ3n) is 2.70. The van der Waals surface area contributed by atoms with E-state index in [9.17, 15) is 4.39 Å². The first-order chi connectivity index (χ1) is 8.08. The highest BCUT2D eigenvalue weighted by molar-refractivity contribution is 5.33. The van der Waals surface area contributed by atoms with Gasteiger partial charge < -0.3 is 5.73 Å². The van der Waals surface area contributed by atoms with Crippen molar-refractivity contribution in [1.82, 2.24) is 4.98 Å². The van der Waals surface area contributed by atoms with Crippen LogP contribution in [0.25, 0.3) is 0 Å². The number of nitrogens with zero attached hydrogens (tertiary/aromatic N) is 1. The van der Waals surface area contributed by atoms with Gasteiger partial charge in [-0.15, -0.1) is 0 Å². The molecule has 17 heavy (non-hydrogen) atoms. The molecule has 3 heteroatoms. The van der Waals surface area contributed by atoms with Crippen molar-refractivity contribution in [3.8, 4) is 0 Å². The largest absolute Gasteiger partial charge is 0.320 e. The van der Waals surface area contributed by atoms with Crippen molar-refractivity contribution in [3.63, 3.8) is 0 Å². The molecule has 0 radical (unpaired) electrons. The smallest absolute Gasteiger partial charge is 0.128 e. The summed E-state index contributed by atoms with van der Waals surface area (Å²) in [5.41, 5.74) is 9.28. The molecular formula is C14H15FN2. The first kappa shape index (κ1) is 11.7. The summed E-state index contributed by atoms with van der Waals surface area (Å²) in [5.74, 6) is -0.271. The Morgan fingerprint density at radius 3 is 2.29 bits per heavy atom. The van der Waals surface area contributed by atoms with E-state index in [0.717, 1.165) is 17.0 Å². The number of aryl methyl sites for hydroxylation is 2.